The molecule has 8 nitrogen and oxygen atoms in total. The number of allylic oxidation sites excluding steroid dienone is 1. The van der Waals surface area contributed by atoms with Crippen LogP contribution in [0, 0.1) is 0 Å². The molecule has 2 unspecified atom stereocenters. The largest absolute Gasteiger partial charge is 0.573 e. The molecule has 0 saturated carbocycles. The van der Waals surface area contributed by atoms with Gasteiger partial charge >= 0.3 is 12.4 Å². The number of aryl methyl sites for hydroxylation is 1. The number of urea groups is 1. The van der Waals surface area contributed by atoms with Crippen molar-refractivity contribution in [1.82, 2.24) is 0 Å². The minimum absolute atomic E-state index is 0.0906. The molecule has 12 heteroatoms. The molecule has 48 heavy (non-hydrogen) atoms. The van der Waals surface area contributed by atoms with E-state index in [-0.39, 0.29) is 29.2 Å². The maximum absolute atomic E-state index is 13.1. The van der Waals surface area contributed by atoms with Gasteiger partial charge in [-0.3, -0.25) is 9.79 Å². The van der Waals surface area contributed by atoms with Gasteiger partial charge in [-0.15, -0.1) is 24.9 Å². The summed E-state index contributed by atoms with van der Waals surface area (Å²) in [7, 11) is 0. The van der Waals surface area contributed by atoms with Crippen LogP contribution in [-0.4, -0.2) is 47.1 Å². The molecule has 2 aliphatic rings. The second-order valence-corrected chi connectivity index (χ2v) is 12.6. The van der Waals surface area contributed by atoms with Crippen molar-refractivity contribution in [3.63, 3.8) is 0 Å². The number of amides is 2. The number of ketones is 1. The van der Waals surface area contributed by atoms with Crippen LogP contribution >= 0.6 is 11.8 Å². The number of fused-ring (bicyclic) bond motifs is 1. The lowest BCUT2D eigenvalue weighted by Crippen LogP contribution is -2.17. The Kier molecular flexibility index (Phi) is 9.63. The smallest absolute Gasteiger partial charge is 0.464 e. The maximum atomic E-state index is 13.1. The zero-order valence-electron chi connectivity index (χ0n) is 25.9. The molecule has 1 saturated heterocycles. The molecular weight excluding hydrogens is 641 g/mol. The topological polar surface area (TPSA) is 106 Å². The molecular formula is C36H31F3N4O4S. The number of thioether (sulfide) groups is 1. The van der Waals surface area contributed by atoms with E-state index in [0.29, 0.717) is 47.8 Å². The van der Waals surface area contributed by atoms with E-state index in [1.807, 2.05) is 43.3 Å². The first-order valence-electron chi connectivity index (χ1n) is 15.3. The van der Waals surface area contributed by atoms with E-state index >= 15 is 0 Å². The van der Waals surface area contributed by atoms with Gasteiger partial charge in [0.1, 0.15) is 11.3 Å². The van der Waals surface area contributed by atoms with Crippen molar-refractivity contribution < 1.29 is 31.9 Å². The van der Waals surface area contributed by atoms with Crippen molar-refractivity contribution in [2.75, 3.05) is 11.1 Å². The highest BCUT2D eigenvalue weighted by Gasteiger charge is 2.31. The molecule has 2 amide bonds. The zero-order chi connectivity index (χ0) is 33.8. The highest BCUT2D eigenvalue weighted by Crippen LogP contribution is 2.35. The van der Waals surface area contributed by atoms with E-state index in [2.05, 4.69) is 26.6 Å². The predicted octanol–water partition coefficient (Wildman–Crippen LogP) is 9.01. The number of rotatable bonds is 8. The van der Waals surface area contributed by atoms with Crippen LogP contribution < -0.4 is 10.1 Å². The molecule has 4 aromatic rings. The Bertz CT molecular complexity index is 1960. The van der Waals surface area contributed by atoms with Crippen LogP contribution in [0.5, 0.6) is 5.75 Å². The molecule has 1 aromatic heterocycles. The van der Waals surface area contributed by atoms with Crippen molar-refractivity contribution >= 4 is 62.9 Å². The lowest BCUT2D eigenvalue weighted by Gasteiger charge is -2.13. The fourth-order valence-electron chi connectivity index (χ4n) is 5.74. The fraction of sp³-hybridized carbons (Fsp3) is 0.250. The number of hydrogen-bond acceptors (Lipinski definition) is 7. The number of carbonyl (C=O) groups excluding carboxylic acids is 2. The summed E-state index contributed by atoms with van der Waals surface area (Å²) in [5.74, 6) is 0.292. The average molecular weight is 673 g/mol. The van der Waals surface area contributed by atoms with Gasteiger partial charge in [-0.1, -0.05) is 30.8 Å². The van der Waals surface area contributed by atoms with Gasteiger partial charge in [0.2, 0.25) is 0 Å². The van der Waals surface area contributed by atoms with Gasteiger partial charge in [0, 0.05) is 34.3 Å². The lowest BCUT2D eigenvalue weighted by molar-refractivity contribution is -0.274. The number of carbonyl (C=O) groups is 2. The van der Waals surface area contributed by atoms with E-state index in [0.717, 1.165) is 33.2 Å². The van der Waals surface area contributed by atoms with E-state index < -0.39 is 12.4 Å². The number of aliphatic imine (C=N–C) groups is 3. The van der Waals surface area contributed by atoms with Gasteiger partial charge in [-0.2, -0.15) is 4.99 Å². The molecule has 2 atom stereocenters. The summed E-state index contributed by atoms with van der Waals surface area (Å²) in [6, 6.07) is 18.1. The third kappa shape index (κ3) is 7.93. The van der Waals surface area contributed by atoms with E-state index in [1.165, 1.54) is 23.9 Å². The Hall–Kier alpha value is -4.97. The van der Waals surface area contributed by atoms with Crippen LogP contribution in [0.4, 0.5) is 23.7 Å². The van der Waals surface area contributed by atoms with Gasteiger partial charge in [-0.25, -0.2) is 9.79 Å². The Morgan fingerprint density at radius 3 is 2.73 bits per heavy atom. The van der Waals surface area contributed by atoms with Crippen molar-refractivity contribution in [2.45, 2.75) is 50.9 Å². The number of furan rings is 1. The monoisotopic (exact) mass is 672 g/mol. The van der Waals surface area contributed by atoms with Crippen LogP contribution in [0.15, 0.2) is 99.0 Å². The van der Waals surface area contributed by atoms with Gasteiger partial charge in [0.05, 0.1) is 23.1 Å². The molecule has 2 aliphatic heterocycles. The number of ether oxygens (including phenoxy) is 1. The van der Waals surface area contributed by atoms with Crippen LogP contribution in [0.2, 0.25) is 0 Å². The quantitative estimate of drug-likeness (QED) is 0.201. The number of alkyl halides is 3. The van der Waals surface area contributed by atoms with Crippen LogP contribution in [-0.2, 0) is 11.2 Å². The van der Waals surface area contributed by atoms with Gasteiger partial charge in [0.25, 0.3) is 0 Å². The number of hydrogen-bond donors (Lipinski definition) is 1. The minimum Gasteiger partial charge on any atom is -0.464 e. The van der Waals surface area contributed by atoms with E-state index in [9.17, 15) is 22.8 Å². The number of nitrogens with one attached hydrogen (secondary N) is 1. The maximum Gasteiger partial charge on any atom is 0.573 e. The van der Waals surface area contributed by atoms with Crippen molar-refractivity contribution in [3.8, 4) is 5.75 Å². The summed E-state index contributed by atoms with van der Waals surface area (Å²) in [6.07, 6.45) is 0.891. The summed E-state index contributed by atoms with van der Waals surface area (Å²) in [5.41, 5.74) is 5.25. The van der Waals surface area contributed by atoms with Crippen molar-refractivity contribution in [1.29, 1.82) is 0 Å². The first-order chi connectivity index (χ1) is 23.0. The molecule has 0 radical (unpaired) electrons. The Morgan fingerprint density at radius 2 is 1.96 bits per heavy atom. The molecule has 3 aromatic carbocycles. The third-order valence-electron chi connectivity index (χ3n) is 8.07. The second kappa shape index (κ2) is 14.0. The van der Waals surface area contributed by atoms with Crippen molar-refractivity contribution in [3.05, 3.63) is 102 Å². The minimum atomic E-state index is -4.73. The Labute approximate surface area is 278 Å². The number of nitrogens with zero attached hydrogens (tertiary/aromatic N) is 3. The third-order valence-corrected chi connectivity index (χ3v) is 9.13. The summed E-state index contributed by atoms with van der Waals surface area (Å²) >= 11 is 1.29. The molecule has 6 rings (SSSR count). The van der Waals surface area contributed by atoms with Crippen LogP contribution in [0.25, 0.3) is 16.5 Å². The molecule has 246 valence electrons. The lowest BCUT2D eigenvalue weighted by atomic mass is 9.89. The van der Waals surface area contributed by atoms with Gasteiger partial charge in [-0.05, 0) is 91.8 Å². The van der Waals surface area contributed by atoms with E-state index in [4.69, 9.17) is 9.41 Å². The fourth-order valence-corrected chi connectivity index (χ4v) is 6.66. The standard InChI is InChI=1S/C36H31F3N4O4S/c1-21(2)29-18-23(34-40-19-24(41-34)10-6-22-7-11-25(12-8-22)47-36(37,38)39)9-14-30(29)42-35(45)43-33-15-13-27(31(44)20-48-33)26-4-3-5-32-28(26)16-17-46-32/h3-5,7-9,11-12,14,16-19,24,27H,1,6,10,13,15,20H2,2H3,(H,42,45). The summed E-state index contributed by atoms with van der Waals surface area (Å²) < 4.78 is 46.7. The number of Topliss-reactive ketones (excluding diaryl/α,β-unsaturated/α-hetero) is 1. The van der Waals surface area contributed by atoms with Crippen LogP contribution in [0.3, 0.4) is 0 Å². The van der Waals surface area contributed by atoms with E-state index in [1.54, 1.807) is 30.7 Å². The SMILES string of the molecule is C=C(C)c1cc(C2=NC(CCc3ccc(OC(F)(F)F)cc3)C=N2)ccc1NC(=O)N=C1CCC(c2cccc3occc23)C(=O)CS1. The summed E-state index contributed by atoms with van der Waals surface area (Å²) in [4.78, 5) is 39.6. The molecule has 1 fully saturated rings. The number of anilines is 1. The molecule has 0 aliphatic carbocycles. The van der Waals surface area contributed by atoms with Gasteiger partial charge < -0.3 is 14.5 Å². The Balaban J connectivity index is 1.08. The Morgan fingerprint density at radius 1 is 1.15 bits per heavy atom. The summed E-state index contributed by atoms with van der Waals surface area (Å²) in [6.45, 7) is 5.91. The highest BCUT2D eigenvalue weighted by molar-refractivity contribution is 8.14. The number of benzene rings is 3. The average Bonchev–Trinajstić information content (AvgIpc) is 3.69. The highest BCUT2D eigenvalue weighted by atomic mass is 32.2. The normalized spacial score (nSPS) is 19.0. The predicted molar refractivity (Wildman–Crippen MR) is 184 cm³/mol. The molecule has 3 heterocycles. The first-order valence-corrected chi connectivity index (χ1v) is 16.3. The zero-order valence-corrected chi connectivity index (χ0v) is 26.7. The number of halogens is 3. The molecule has 1 N–H and O–H groups in total. The molecule has 0 bridgehead atoms. The first kappa shape index (κ1) is 33.0. The van der Waals surface area contributed by atoms with Gasteiger partial charge in [0.15, 0.2) is 11.6 Å². The van der Waals surface area contributed by atoms with Crippen molar-refractivity contribution in [2.24, 2.45) is 15.0 Å². The number of amidine groups is 1. The summed E-state index contributed by atoms with van der Waals surface area (Å²) in [5, 5.41) is 4.39. The second-order valence-electron chi connectivity index (χ2n) is 11.5. The molecule has 0 spiro atoms. The van der Waals surface area contributed by atoms with Crippen LogP contribution in [0.1, 0.15) is 54.4 Å².